The number of hydrogen-bond donors (Lipinski definition) is 2. The fourth-order valence-electron chi connectivity index (χ4n) is 1.95. The molecule has 1 atom stereocenters. The standard InChI is InChI=1S/C11H15ClN2O2S/c1-11(6-7-13-8-11)14-17(15,16)10-5-3-2-4-9(10)12/h2-5,13-14H,6-8H2,1H3. The molecule has 1 unspecified atom stereocenters. The second kappa shape index (κ2) is 4.57. The van der Waals surface area contributed by atoms with Crippen LogP contribution in [-0.2, 0) is 10.0 Å². The van der Waals surface area contributed by atoms with Gasteiger partial charge in [-0.25, -0.2) is 13.1 Å². The summed E-state index contributed by atoms with van der Waals surface area (Å²) in [6.45, 7) is 3.35. The maximum atomic E-state index is 12.2. The Morgan fingerprint density at radius 2 is 2.12 bits per heavy atom. The molecule has 0 bridgehead atoms. The highest BCUT2D eigenvalue weighted by atomic mass is 35.5. The summed E-state index contributed by atoms with van der Waals surface area (Å²) in [5, 5.41) is 3.39. The van der Waals surface area contributed by atoms with Crippen LogP contribution >= 0.6 is 11.6 Å². The van der Waals surface area contributed by atoms with Crippen LogP contribution < -0.4 is 10.0 Å². The minimum Gasteiger partial charge on any atom is -0.315 e. The van der Waals surface area contributed by atoms with Crippen LogP contribution in [0.3, 0.4) is 0 Å². The zero-order valence-electron chi connectivity index (χ0n) is 9.53. The van der Waals surface area contributed by atoms with E-state index in [1.807, 2.05) is 6.92 Å². The Kier molecular flexibility index (Phi) is 3.45. The Hall–Kier alpha value is -0.620. The Labute approximate surface area is 106 Å². The van der Waals surface area contributed by atoms with E-state index < -0.39 is 15.6 Å². The predicted molar refractivity (Wildman–Crippen MR) is 67.7 cm³/mol. The Bertz CT molecular complexity index is 510. The summed E-state index contributed by atoms with van der Waals surface area (Å²) in [4.78, 5) is 0.134. The topological polar surface area (TPSA) is 58.2 Å². The highest BCUT2D eigenvalue weighted by Gasteiger charge is 2.34. The van der Waals surface area contributed by atoms with Crippen molar-refractivity contribution in [2.75, 3.05) is 13.1 Å². The summed E-state index contributed by atoms with van der Waals surface area (Å²) in [6, 6.07) is 6.46. The average Bonchev–Trinajstić information content (AvgIpc) is 2.64. The molecule has 17 heavy (non-hydrogen) atoms. The maximum Gasteiger partial charge on any atom is 0.242 e. The first-order valence-electron chi connectivity index (χ1n) is 5.42. The van der Waals surface area contributed by atoms with Gasteiger partial charge in [-0.1, -0.05) is 23.7 Å². The molecule has 1 aromatic carbocycles. The molecule has 4 nitrogen and oxygen atoms in total. The van der Waals surface area contributed by atoms with E-state index in [9.17, 15) is 8.42 Å². The van der Waals surface area contributed by atoms with Crippen molar-refractivity contribution < 1.29 is 8.42 Å². The van der Waals surface area contributed by atoms with E-state index in [4.69, 9.17) is 11.6 Å². The molecule has 1 aromatic rings. The second-order valence-electron chi connectivity index (χ2n) is 4.52. The summed E-state index contributed by atoms with van der Waals surface area (Å²) in [6.07, 6.45) is 0.774. The molecule has 0 spiro atoms. The minimum absolute atomic E-state index is 0.134. The second-order valence-corrected chi connectivity index (χ2v) is 6.58. The highest BCUT2D eigenvalue weighted by Crippen LogP contribution is 2.23. The van der Waals surface area contributed by atoms with E-state index in [1.54, 1.807) is 18.2 Å². The normalized spacial score (nSPS) is 25.1. The first kappa shape index (κ1) is 12.8. The summed E-state index contributed by atoms with van der Waals surface area (Å²) < 4.78 is 27.1. The highest BCUT2D eigenvalue weighted by molar-refractivity contribution is 7.89. The van der Waals surface area contributed by atoms with Crippen LogP contribution in [0.5, 0.6) is 0 Å². The molecule has 2 N–H and O–H groups in total. The van der Waals surface area contributed by atoms with Gasteiger partial charge in [0.1, 0.15) is 4.90 Å². The SMILES string of the molecule is CC1(NS(=O)(=O)c2ccccc2Cl)CCNC1. The molecule has 1 aliphatic rings. The quantitative estimate of drug-likeness (QED) is 0.875. The van der Waals surface area contributed by atoms with Crippen molar-refractivity contribution >= 4 is 21.6 Å². The lowest BCUT2D eigenvalue weighted by molar-refractivity contribution is 0.452. The Morgan fingerprint density at radius 1 is 1.41 bits per heavy atom. The molecule has 94 valence electrons. The van der Waals surface area contributed by atoms with Crippen molar-refractivity contribution in [1.29, 1.82) is 0 Å². The lowest BCUT2D eigenvalue weighted by Gasteiger charge is -2.24. The molecule has 0 saturated carbocycles. The molecule has 1 saturated heterocycles. The molecule has 0 aliphatic carbocycles. The van der Waals surface area contributed by atoms with E-state index in [0.717, 1.165) is 13.0 Å². The van der Waals surface area contributed by atoms with Gasteiger partial charge in [-0.15, -0.1) is 0 Å². The van der Waals surface area contributed by atoms with E-state index in [-0.39, 0.29) is 9.92 Å². The number of rotatable bonds is 3. The van der Waals surface area contributed by atoms with Crippen LogP contribution in [0.25, 0.3) is 0 Å². The first-order valence-corrected chi connectivity index (χ1v) is 7.28. The monoisotopic (exact) mass is 274 g/mol. The molecule has 6 heteroatoms. The van der Waals surface area contributed by atoms with Gasteiger partial charge in [0, 0.05) is 12.1 Å². The fourth-order valence-corrected chi connectivity index (χ4v) is 3.90. The number of sulfonamides is 1. The Morgan fingerprint density at radius 3 is 2.71 bits per heavy atom. The van der Waals surface area contributed by atoms with Crippen LogP contribution in [0.2, 0.25) is 5.02 Å². The largest absolute Gasteiger partial charge is 0.315 e. The Balaban J connectivity index is 2.28. The van der Waals surface area contributed by atoms with Gasteiger partial charge >= 0.3 is 0 Å². The molecule has 0 aromatic heterocycles. The molecule has 1 heterocycles. The number of hydrogen-bond acceptors (Lipinski definition) is 3. The van der Waals surface area contributed by atoms with Crippen molar-refractivity contribution in [2.24, 2.45) is 0 Å². The van der Waals surface area contributed by atoms with E-state index in [2.05, 4.69) is 10.0 Å². The van der Waals surface area contributed by atoms with Crippen molar-refractivity contribution in [2.45, 2.75) is 23.8 Å². The molecule has 2 rings (SSSR count). The van der Waals surface area contributed by atoms with Crippen molar-refractivity contribution in [3.63, 3.8) is 0 Å². The third-order valence-electron chi connectivity index (χ3n) is 2.88. The average molecular weight is 275 g/mol. The summed E-state index contributed by atoms with van der Waals surface area (Å²) in [7, 11) is -3.55. The summed E-state index contributed by atoms with van der Waals surface area (Å²) in [5.74, 6) is 0. The summed E-state index contributed by atoms with van der Waals surface area (Å²) in [5.41, 5.74) is -0.433. The van der Waals surface area contributed by atoms with Crippen LogP contribution in [0.1, 0.15) is 13.3 Å². The van der Waals surface area contributed by atoms with Crippen molar-refractivity contribution in [3.05, 3.63) is 29.3 Å². The molecule has 0 amide bonds. The van der Waals surface area contributed by atoms with Crippen LogP contribution in [-0.4, -0.2) is 27.0 Å². The number of nitrogens with one attached hydrogen (secondary N) is 2. The zero-order chi connectivity index (χ0) is 12.5. The fraction of sp³-hybridized carbons (Fsp3) is 0.455. The number of benzene rings is 1. The summed E-state index contributed by atoms with van der Waals surface area (Å²) >= 11 is 5.90. The van der Waals surface area contributed by atoms with E-state index >= 15 is 0 Å². The molecule has 1 fully saturated rings. The van der Waals surface area contributed by atoms with Crippen molar-refractivity contribution in [3.8, 4) is 0 Å². The van der Waals surface area contributed by atoms with Gasteiger partial charge in [-0.3, -0.25) is 0 Å². The van der Waals surface area contributed by atoms with Crippen LogP contribution in [0.15, 0.2) is 29.2 Å². The van der Waals surface area contributed by atoms with Crippen LogP contribution in [0.4, 0.5) is 0 Å². The molecular weight excluding hydrogens is 260 g/mol. The van der Waals surface area contributed by atoms with Crippen LogP contribution in [0, 0.1) is 0 Å². The lowest BCUT2D eigenvalue weighted by Crippen LogP contribution is -2.47. The van der Waals surface area contributed by atoms with Gasteiger partial charge in [0.05, 0.1) is 5.02 Å². The van der Waals surface area contributed by atoms with Gasteiger partial charge < -0.3 is 5.32 Å². The number of halogens is 1. The smallest absolute Gasteiger partial charge is 0.242 e. The maximum absolute atomic E-state index is 12.2. The third-order valence-corrected chi connectivity index (χ3v) is 5.01. The van der Waals surface area contributed by atoms with Crippen molar-refractivity contribution in [1.82, 2.24) is 10.0 Å². The van der Waals surface area contributed by atoms with Gasteiger partial charge in [0.15, 0.2) is 0 Å². The predicted octanol–water partition coefficient (Wildman–Crippen LogP) is 1.37. The third kappa shape index (κ3) is 2.80. The van der Waals surface area contributed by atoms with E-state index in [1.165, 1.54) is 6.07 Å². The van der Waals surface area contributed by atoms with E-state index in [0.29, 0.717) is 6.54 Å². The van der Waals surface area contributed by atoms with Gasteiger partial charge in [0.25, 0.3) is 0 Å². The van der Waals surface area contributed by atoms with Gasteiger partial charge in [-0.05, 0) is 32.0 Å². The molecular formula is C11H15ClN2O2S. The molecule has 1 aliphatic heterocycles. The first-order chi connectivity index (χ1) is 7.93. The zero-order valence-corrected chi connectivity index (χ0v) is 11.1. The van der Waals surface area contributed by atoms with Gasteiger partial charge in [-0.2, -0.15) is 0 Å². The minimum atomic E-state index is -3.55. The lowest BCUT2D eigenvalue weighted by atomic mass is 10.0. The molecule has 0 radical (unpaired) electrons. The van der Waals surface area contributed by atoms with Gasteiger partial charge in [0.2, 0.25) is 10.0 Å².